The van der Waals surface area contributed by atoms with Crippen molar-refractivity contribution in [1.82, 2.24) is 0 Å². The number of rotatable bonds is 47. The molecule has 0 spiro atoms. The molecule has 6 nitrogen and oxygen atoms in total. The predicted molar refractivity (Wildman–Crippen MR) is 279 cm³/mol. The summed E-state index contributed by atoms with van der Waals surface area (Å²) in [4.78, 5) is 37.9. The molecule has 0 radical (unpaired) electrons. The van der Waals surface area contributed by atoms with Crippen molar-refractivity contribution in [3.8, 4) is 0 Å². The van der Waals surface area contributed by atoms with Gasteiger partial charge in [-0.2, -0.15) is 0 Å². The van der Waals surface area contributed by atoms with Gasteiger partial charge in [0.25, 0.3) is 0 Å². The number of hydrogen-bond donors (Lipinski definition) is 0. The van der Waals surface area contributed by atoms with Crippen molar-refractivity contribution in [1.29, 1.82) is 0 Å². The Kier molecular flexibility index (Phi) is 50.0. The highest BCUT2D eigenvalue weighted by Gasteiger charge is 2.19. The van der Waals surface area contributed by atoms with Crippen LogP contribution in [-0.2, 0) is 28.6 Å². The van der Waals surface area contributed by atoms with Crippen LogP contribution in [0.1, 0.15) is 239 Å². The summed E-state index contributed by atoms with van der Waals surface area (Å²) in [5, 5.41) is 0. The van der Waals surface area contributed by atoms with Gasteiger partial charge in [0.2, 0.25) is 0 Å². The van der Waals surface area contributed by atoms with Crippen LogP contribution in [0.25, 0.3) is 0 Å². The highest BCUT2D eigenvalue weighted by Crippen LogP contribution is 2.15. The second kappa shape index (κ2) is 52.9. The van der Waals surface area contributed by atoms with E-state index in [1.54, 1.807) is 0 Å². The largest absolute Gasteiger partial charge is 0.462 e. The van der Waals surface area contributed by atoms with Gasteiger partial charge in [-0.15, -0.1) is 0 Å². The van der Waals surface area contributed by atoms with Crippen LogP contribution in [0.15, 0.2) is 97.2 Å². The van der Waals surface area contributed by atoms with E-state index in [0.717, 1.165) is 83.5 Å². The van der Waals surface area contributed by atoms with E-state index in [-0.39, 0.29) is 44.0 Å². The fourth-order valence-corrected chi connectivity index (χ4v) is 7.15. The molecule has 0 saturated carbocycles. The minimum atomic E-state index is -0.826. The predicted octanol–water partition coefficient (Wildman–Crippen LogP) is 17.8. The highest BCUT2D eigenvalue weighted by atomic mass is 16.6. The third-order valence-corrected chi connectivity index (χ3v) is 11.1. The zero-order valence-corrected chi connectivity index (χ0v) is 42.2. The SMILES string of the molecule is CC/C=C\C/C=C\C/C=C\C/C=C\C/C=C\CCCC(=O)OC(COC(=O)CCC/C=C\C/C=C\C/C=C\CC)COC(=O)CCCCCCCCCCCCCCCCCCCCC. The lowest BCUT2D eigenvalue weighted by atomic mass is 10.0. The maximum absolute atomic E-state index is 12.8. The number of hydrogen-bond acceptors (Lipinski definition) is 6. The molecular formula is C59H98O6. The van der Waals surface area contributed by atoms with E-state index in [2.05, 4.69) is 118 Å². The first-order valence-corrected chi connectivity index (χ1v) is 26.7. The molecule has 0 aromatic heterocycles. The topological polar surface area (TPSA) is 78.9 Å². The Morgan fingerprint density at radius 3 is 0.938 bits per heavy atom. The number of allylic oxidation sites excluding steroid dienone is 16. The van der Waals surface area contributed by atoms with Crippen molar-refractivity contribution in [2.45, 2.75) is 245 Å². The van der Waals surface area contributed by atoms with Gasteiger partial charge in [-0.1, -0.05) is 234 Å². The maximum atomic E-state index is 12.8. The molecule has 0 amide bonds. The molecule has 65 heavy (non-hydrogen) atoms. The Hall–Kier alpha value is -3.67. The van der Waals surface area contributed by atoms with Gasteiger partial charge in [0.1, 0.15) is 13.2 Å². The van der Waals surface area contributed by atoms with Crippen molar-refractivity contribution in [3.63, 3.8) is 0 Å². The van der Waals surface area contributed by atoms with Crippen LogP contribution in [0.3, 0.4) is 0 Å². The van der Waals surface area contributed by atoms with E-state index in [1.807, 2.05) is 0 Å². The number of unbranched alkanes of at least 4 members (excludes halogenated alkanes) is 20. The molecule has 0 rings (SSSR count). The minimum absolute atomic E-state index is 0.115. The first kappa shape index (κ1) is 61.3. The number of carbonyl (C=O) groups excluding carboxylic acids is 3. The molecule has 0 aromatic rings. The number of ether oxygens (including phenoxy) is 3. The zero-order chi connectivity index (χ0) is 47.2. The Morgan fingerprint density at radius 2 is 0.600 bits per heavy atom. The van der Waals surface area contributed by atoms with Crippen LogP contribution in [0.4, 0.5) is 0 Å². The van der Waals surface area contributed by atoms with Gasteiger partial charge < -0.3 is 14.2 Å². The van der Waals surface area contributed by atoms with Crippen molar-refractivity contribution in [2.75, 3.05) is 13.2 Å². The molecule has 0 N–H and O–H groups in total. The summed E-state index contributed by atoms with van der Waals surface area (Å²) in [7, 11) is 0. The van der Waals surface area contributed by atoms with Crippen LogP contribution < -0.4 is 0 Å². The molecule has 1 unspecified atom stereocenters. The lowest BCUT2D eigenvalue weighted by Crippen LogP contribution is -2.30. The van der Waals surface area contributed by atoms with Crippen LogP contribution in [0.5, 0.6) is 0 Å². The Labute approximate surface area is 400 Å². The van der Waals surface area contributed by atoms with Gasteiger partial charge in [-0.05, 0) is 83.5 Å². The first-order chi connectivity index (χ1) is 32.0. The monoisotopic (exact) mass is 903 g/mol. The molecule has 0 aliphatic carbocycles. The Balaban J connectivity index is 4.45. The number of esters is 3. The van der Waals surface area contributed by atoms with E-state index in [4.69, 9.17) is 14.2 Å². The summed E-state index contributed by atoms with van der Waals surface area (Å²) in [6.07, 6.45) is 69.9. The van der Waals surface area contributed by atoms with Crippen LogP contribution in [-0.4, -0.2) is 37.2 Å². The number of carbonyl (C=O) groups is 3. The fourth-order valence-electron chi connectivity index (χ4n) is 7.15. The van der Waals surface area contributed by atoms with Crippen molar-refractivity contribution in [2.24, 2.45) is 0 Å². The van der Waals surface area contributed by atoms with Gasteiger partial charge >= 0.3 is 17.9 Å². The molecule has 6 heteroatoms. The van der Waals surface area contributed by atoms with E-state index in [9.17, 15) is 14.4 Å². The Bertz CT molecular complexity index is 1310. The first-order valence-electron chi connectivity index (χ1n) is 26.7. The molecule has 370 valence electrons. The minimum Gasteiger partial charge on any atom is -0.462 e. The third kappa shape index (κ3) is 51.2. The summed E-state index contributed by atoms with van der Waals surface area (Å²) in [5.74, 6) is -1.03. The normalized spacial score (nSPS) is 12.8. The fraction of sp³-hybridized carbons (Fsp3) is 0.678. The van der Waals surface area contributed by atoms with Crippen molar-refractivity contribution >= 4 is 17.9 Å². The van der Waals surface area contributed by atoms with E-state index >= 15 is 0 Å². The summed E-state index contributed by atoms with van der Waals surface area (Å²) >= 11 is 0. The summed E-state index contributed by atoms with van der Waals surface area (Å²) in [6.45, 7) is 6.32. The van der Waals surface area contributed by atoms with Crippen LogP contribution >= 0.6 is 0 Å². The maximum Gasteiger partial charge on any atom is 0.306 e. The average Bonchev–Trinajstić information content (AvgIpc) is 3.30. The Morgan fingerprint density at radius 1 is 0.323 bits per heavy atom. The summed E-state index contributed by atoms with van der Waals surface area (Å²) < 4.78 is 16.7. The molecule has 1 atom stereocenters. The van der Waals surface area contributed by atoms with Crippen LogP contribution in [0.2, 0.25) is 0 Å². The summed E-state index contributed by atoms with van der Waals surface area (Å²) in [5.41, 5.74) is 0. The lowest BCUT2D eigenvalue weighted by Gasteiger charge is -2.18. The van der Waals surface area contributed by atoms with Gasteiger partial charge in [0.15, 0.2) is 6.10 Å². The second-order valence-corrected chi connectivity index (χ2v) is 17.4. The smallest absolute Gasteiger partial charge is 0.306 e. The van der Waals surface area contributed by atoms with Crippen molar-refractivity contribution < 1.29 is 28.6 Å². The molecule has 0 aliphatic rings. The molecule has 0 bridgehead atoms. The van der Waals surface area contributed by atoms with Crippen molar-refractivity contribution in [3.05, 3.63) is 97.2 Å². The quantitative estimate of drug-likeness (QED) is 0.0262. The lowest BCUT2D eigenvalue weighted by molar-refractivity contribution is -0.167. The molecule has 0 aliphatic heterocycles. The molecule has 0 saturated heterocycles. The zero-order valence-electron chi connectivity index (χ0n) is 42.2. The molecule has 0 aromatic carbocycles. The average molecular weight is 903 g/mol. The van der Waals surface area contributed by atoms with E-state index < -0.39 is 6.10 Å². The molecule has 0 heterocycles. The van der Waals surface area contributed by atoms with Gasteiger partial charge in [-0.3, -0.25) is 14.4 Å². The standard InChI is InChI=1S/C59H98O6/c1-4-7-10-13-16-19-22-24-26-28-29-31-32-34-37-40-43-46-49-52-58(61)64-55-56(54-63-57(60)51-48-45-42-39-36-21-18-15-12-9-6-3)65-59(62)53-50-47-44-41-38-35-33-30-27-25-23-20-17-14-11-8-5-2/h8-9,11-12,17-18,20-21,25,27,33,35,39,41-42,44,56H,4-7,10,13-16,19,22-24,26,28-32,34,36-38,40,43,45-55H2,1-3H3/b11-8-,12-9-,20-17-,21-18-,27-25-,35-33-,42-39-,44-41-. The van der Waals surface area contributed by atoms with Gasteiger partial charge in [0.05, 0.1) is 0 Å². The molecular weight excluding hydrogens is 805 g/mol. The van der Waals surface area contributed by atoms with Gasteiger partial charge in [-0.25, -0.2) is 0 Å². The van der Waals surface area contributed by atoms with Gasteiger partial charge in [0, 0.05) is 19.3 Å². The third-order valence-electron chi connectivity index (χ3n) is 11.1. The highest BCUT2D eigenvalue weighted by molar-refractivity contribution is 5.71. The summed E-state index contributed by atoms with van der Waals surface area (Å²) in [6, 6.07) is 0. The van der Waals surface area contributed by atoms with E-state index in [0.29, 0.717) is 19.3 Å². The second-order valence-electron chi connectivity index (χ2n) is 17.4. The molecule has 0 fully saturated rings. The van der Waals surface area contributed by atoms with Crippen LogP contribution in [0, 0.1) is 0 Å². The van der Waals surface area contributed by atoms with E-state index in [1.165, 1.54) is 103 Å².